The highest BCUT2D eigenvalue weighted by atomic mass is 32.1. The number of hydrogen-bond acceptors (Lipinski definition) is 4. The molecule has 0 saturated carbocycles. The topological polar surface area (TPSA) is 52.6 Å². The fourth-order valence-electron chi connectivity index (χ4n) is 2.43. The van der Waals surface area contributed by atoms with Crippen molar-refractivity contribution >= 4 is 17.3 Å². The molecule has 27 heavy (non-hydrogen) atoms. The van der Waals surface area contributed by atoms with Gasteiger partial charge in [-0.1, -0.05) is 30.3 Å². The Morgan fingerprint density at radius 1 is 1.22 bits per heavy atom. The number of hydrogen-bond donors (Lipinski definition) is 2. The Balaban J connectivity index is 1.66. The minimum atomic E-state index is -4.40. The third kappa shape index (κ3) is 7.56. The first-order chi connectivity index (χ1) is 12.9. The number of aliphatic imine (C=N–C) groups is 1. The molecule has 0 saturated heterocycles. The van der Waals surface area contributed by atoms with Crippen LogP contribution in [0.5, 0.6) is 0 Å². The number of thiazole rings is 1. The molecule has 2 aromatic rings. The number of alkyl halides is 3. The highest BCUT2D eigenvalue weighted by Gasteiger charge is 2.33. The van der Waals surface area contributed by atoms with Gasteiger partial charge in [0, 0.05) is 25.5 Å². The van der Waals surface area contributed by atoms with Gasteiger partial charge in [0.15, 0.2) is 11.7 Å². The predicted octanol–water partition coefficient (Wildman–Crippen LogP) is 3.35. The fourth-order valence-corrected chi connectivity index (χ4v) is 3.17. The van der Waals surface area contributed by atoms with E-state index in [2.05, 4.69) is 44.7 Å². The van der Waals surface area contributed by atoms with Gasteiger partial charge in [0.25, 0.3) is 0 Å². The van der Waals surface area contributed by atoms with Gasteiger partial charge in [-0.25, -0.2) is 4.98 Å². The summed E-state index contributed by atoms with van der Waals surface area (Å²) in [7, 11) is 3.70. The first kappa shape index (κ1) is 21.2. The molecule has 0 spiro atoms. The van der Waals surface area contributed by atoms with Crippen LogP contribution in [-0.4, -0.2) is 43.0 Å². The second kappa shape index (κ2) is 10.3. The highest BCUT2D eigenvalue weighted by molar-refractivity contribution is 7.09. The first-order valence-corrected chi connectivity index (χ1v) is 9.45. The smallest absolute Gasteiger partial charge is 0.356 e. The maximum absolute atomic E-state index is 12.6. The van der Waals surface area contributed by atoms with Crippen molar-refractivity contribution in [3.05, 3.63) is 52.0 Å². The number of nitrogens with one attached hydrogen (secondary N) is 2. The van der Waals surface area contributed by atoms with Crippen LogP contribution in [0.2, 0.25) is 0 Å². The van der Waals surface area contributed by atoms with Gasteiger partial charge in [-0.15, -0.1) is 11.3 Å². The molecule has 0 aliphatic heterocycles. The number of nitrogens with zero attached hydrogens (tertiary/aromatic N) is 3. The summed E-state index contributed by atoms with van der Waals surface area (Å²) >= 11 is 0.979. The summed E-state index contributed by atoms with van der Waals surface area (Å²) in [5, 5.41) is 7.54. The predicted molar refractivity (Wildman–Crippen MR) is 103 cm³/mol. The Labute approximate surface area is 161 Å². The lowest BCUT2D eigenvalue weighted by Crippen LogP contribution is -2.38. The van der Waals surface area contributed by atoms with E-state index in [0.717, 1.165) is 36.2 Å². The average Bonchev–Trinajstić information content (AvgIpc) is 3.11. The van der Waals surface area contributed by atoms with Crippen LogP contribution in [0.25, 0.3) is 0 Å². The lowest BCUT2D eigenvalue weighted by molar-refractivity contribution is -0.140. The number of halogens is 3. The van der Waals surface area contributed by atoms with Crippen LogP contribution in [0, 0.1) is 0 Å². The fraction of sp³-hybridized carbons (Fsp3) is 0.444. The number of rotatable bonds is 8. The monoisotopic (exact) mass is 399 g/mol. The van der Waals surface area contributed by atoms with Crippen molar-refractivity contribution in [2.24, 2.45) is 4.99 Å². The third-order valence-electron chi connectivity index (χ3n) is 3.78. The quantitative estimate of drug-likeness (QED) is 0.406. The van der Waals surface area contributed by atoms with E-state index in [1.165, 1.54) is 5.56 Å². The van der Waals surface area contributed by atoms with E-state index < -0.39 is 11.9 Å². The van der Waals surface area contributed by atoms with E-state index >= 15 is 0 Å². The molecule has 0 fully saturated rings. The van der Waals surface area contributed by atoms with E-state index in [4.69, 9.17) is 0 Å². The van der Waals surface area contributed by atoms with Crippen molar-refractivity contribution in [1.82, 2.24) is 20.5 Å². The van der Waals surface area contributed by atoms with Gasteiger partial charge in [-0.2, -0.15) is 13.2 Å². The SMILES string of the molecule is CN=C(NCCCN(C)Cc1ccccc1)NCc1nc(C(F)(F)F)cs1. The van der Waals surface area contributed by atoms with Crippen molar-refractivity contribution in [1.29, 1.82) is 0 Å². The molecule has 0 atom stereocenters. The van der Waals surface area contributed by atoms with Crippen LogP contribution in [-0.2, 0) is 19.3 Å². The second-order valence-corrected chi connectivity index (χ2v) is 7.00. The Kier molecular flexibility index (Phi) is 8.05. The Morgan fingerprint density at radius 3 is 2.59 bits per heavy atom. The minimum absolute atomic E-state index is 0.203. The van der Waals surface area contributed by atoms with Gasteiger partial charge < -0.3 is 15.5 Å². The highest BCUT2D eigenvalue weighted by Crippen LogP contribution is 2.29. The second-order valence-electron chi connectivity index (χ2n) is 6.05. The summed E-state index contributed by atoms with van der Waals surface area (Å²) in [4.78, 5) is 9.90. The molecular formula is C18H24F3N5S. The molecule has 1 aromatic carbocycles. The van der Waals surface area contributed by atoms with Crippen molar-refractivity contribution in [2.45, 2.75) is 25.7 Å². The number of benzene rings is 1. The van der Waals surface area contributed by atoms with Crippen molar-refractivity contribution in [3.8, 4) is 0 Å². The number of guanidine groups is 1. The molecule has 0 unspecified atom stereocenters. The van der Waals surface area contributed by atoms with Crippen molar-refractivity contribution in [2.75, 3.05) is 27.2 Å². The molecule has 0 radical (unpaired) electrons. The van der Waals surface area contributed by atoms with E-state index in [-0.39, 0.29) is 6.54 Å². The molecule has 0 bridgehead atoms. The third-order valence-corrected chi connectivity index (χ3v) is 4.63. The molecule has 1 aromatic heterocycles. The zero-order valence-electron chi connectivity index (χ0n) is 15.4. The lowest BCUT2D eigenvalue weighted by Gasteiger charge is -2.17. The average molecular weight is 399 g/mol. The molecule has 9 heteroatoms. The Morgan fingerprint density at radius 2 is 1.96 bits per heavy atom. The van der Waals surface area contributed by atoms with Crippen LogP contribution in [0.3, 0.4) is 0 Å². The molecule has 1 heterocycles. The van der Waals surface area contributed by atoms with Gasteiger partial charge >= 0.3 is 6.18 Å². The molecular weight excluding hydrogens is 375 g/mol. The summed E-state index contributed by atoms with van der Waals surface area (Å²) in [6.45, 7) is 2.72. The molecule has 5 nitrogen and oxygen atoms in total. The Bertz CT molecular complexity index is 715. The molecule has 2 rings (SSSR count). The van der Waals surface area contributed by atoms with E-state index in [1.54, 1.807) is 7.05 Å². The van der Waals surface area contributed by atoms with Gasteiger partial charge in [-0.3, -0.25) is 4.99 Å². The molecule has 148 valence electrons. The summed E-state index contributed by atoms with van der Waals surface area (Å²) in [6.07, 6.45) is -3.49. The first-order valence-electron chi connectivity index (χ1n) is 8.57. The van der Waals surface area contributed by atoms with Gasteiger partial charge in [-0.05, 0) is 25.6 Å². The van der Waals surface area contributed by atoms with Gasteiger partial charge in [0.2, 0.25) is 0 Å². The Hall–Kier alpha value is -2.13. The maximum Gasteiger partial charge on any atom is 0.434 e. The molecule has 2 N–H and O–H groups in total. The van der Waals surface area contributed by atoms with Crippen LogP contribution >= 0.6 is 11.3 Å². The molecule has 0 aliphatic carbocycles. The maximum atomic E-state index is 12.6. The number of aromatic nitrogens is 1. The van der Waals surface area contributed by atoms with E-state index in [9.17, 15) is 13.2 Å². The van der Waals surface area contributed by atoms with Crippen LogP contribution < -0.4 is 10.6 Å². The standard InChI is InChI=1S/C18H24F3N5S/c1-22-17(24-11-16-25-15(13-27-16)18(19,20)21)23-9-6-10-26(2)12-14-7-4-3-5-8-14/h3-5,7-8,13H,6,9-12H2,1-2H3,(H2,22,23,24). The van der Waals surface area contributed by atoms with E-state index in [1.807, 2.05) is 18.2 Å². The summed E-state index contributed by atoms with van der Waals surface area (Å²) in [5.74, 6) is 0.546. The zero-order chi connectivity index (χ0) is 19.7. The van der Waals surface area contributed by atoms with Crippen LogP contribution in [0.1, 0.15) is 22.7 Å². The lowest BCUT2D eigenvalue weighted by atomic mass is 10.2. The minimum Gasteiger partial charge on any atom is -0.356 e. The van der Waals surface area contributed by atoms with Crippen LogP contribution in [0.4, 0.5) is 13.2 Å². The van der Waals surface area contributed by atoms with E-state index in [0.29, 0.717) is 17.5 Å². The summed E-state index contributed by atoms with van der Waals surface area (Å²) in [6, 6.07) is 10.3. The summed E-state index contributed by atoms with van der Waals surface area (Å²) in [5.41, 5.74) is 0.417. The largest absolute Gasteiger partial charge is 0.434 e. The van der Waals surface area contributed by atoms with Gasteiger partial charge in [0.1, 0.15) is 5.01 Å². The molecule has 0 aliphatic rings. The summed E-state index contributed by atoms with van der Waals surface area (Å²) < 4.78 is 37.7. The van der Waals surface area contributed by atoms with Crippen molar-refractivity contribution in [3.63, 3.8) is 0 Å². The van der Waals surface area contributed by atoms with Crippen molar-refractivity contribution < 1.29 is 13.2 Å². The molecule has 0 amide bonds. The van der Waals surface area contributed by atoms with Crippen LogP contribution in [0.15, 0.2) is 40.7 Å². The normalized spacial score (nSPS) is 12.4. The van der Waals surface area contributed by atoms with Gasteiger partial charge in [0.05, 0.1) is 6.54 Å². The zero-order valence-corrected chi connectivity index (χ0v) is 16.2.